The molecule has 0 saturated heterocycles. The number of ether oxygens (including phenoxy) is 2. The normalized spacial score (nSPS) is 20.0. The van der Waals surface area contributed by atoms with Gasteiger partial charge in [-0.05, 0) is 37.0 Å². The standard InChI is InChI=1S/C17H18N2O3S/c1-10-9-23-17-18-11(2)14(16(20)22-4)15(19(10)17)12-5-7-13(21-3)8-6-12/h5-9,15H,1-4H3/t15-/m0/s1. The second kappa shape index (κ2) is 6.12. The number of aliphatic imine (C=N–C) groups is 1. The lowest BCUT2D eigenvalue weighted by Gasteiger charge is -2.35. The van der Waals surface area contributed by atoms with Gasteiger partial charge in [-0.15, -0.1) is 0 Å². The highest BCUT2D eigenvalue weighted by atomic mass is 32.2. The van der Waals surface area contributed by atoms with Gasteiger partial charge in [0.15, 0.2) is 5.17 Å². The van der Waals surface area contributed by atoms with E-state index >= 15 is 0 Å². The molecule has 2 aliphatic heterocycles. The molecule has 1 aromatic rings. The Kier molecular flexibility index (Phi) is 4.17. The molecule has 1 atom stereocenters. The van der Waals surface area contributed by atoms with E-state index in [4.69, 9.17) is 9.47 Å². The molecule has 0 radical (unpaired) electrons. The number of esters is 1. The van der Waals surface area contributed by atoms with Crippen molar-refractivity contribution >= 4 is 22.9 Å². The van der Waals surface area contributed by atoms with E-state index in [1.54, 1.807) is 18.9 Å². The number of rotatable bonds is 3. The average molecular weight is 330 g/mol. The molecule has 1 aromatic carbocycles. The minimum atomic E-state index is -0.351. The number of amidine groups is 1. The van der Waals surface area contributed by atoms with Gasteiger partial charge >= 0.3 is 5.97 Å². The van der Waals surface area contributed by atoms with Crippen molar-refractivity contribution in [3.8, 4) is 5.75 Å². The fraction of sp³-hybridized carbons (Fsp3) is 0.294. The molecule has 2 heterocycles. The molecule has 23 heavy (non-hydrogen) atoms. The number of nitrogens with zero attached hydrogens (tertiary/aromatic N) is 2. The first kappa shape index (κ1) is 15.7. The van der Waals surface area contributed by atoms with Crippen molar-refractivity contribution < 1.29 is 14.3 Å². The number of methoxy groups -OCH3 is 2. The predicted octanol–water partition coefficient (Wildman–Crippen LogP) is 3.46. The number of hydrogen-bond donors (Lipinski definition) is 0. The minimum absolute atomic E-state index is 0.243. The topological polar surface area (TPSA) is 51.1 Å². The van der Waals surface area contributed by atoms with Gasteiger partial charge in [0.25, 0.3) is 0 Å². The molecule has 6 heteroatoms. The molecule has 0 aromatic heterocycles. The summed E-state index contributed by atoms with van der Waals surface area (Å²) in [5, 5.41) is 2.93. The first-order valence-corrected chi connectivity index (χ1v) is 8.09. The van der Waals surface area contributed by atoms with Gasteiger partial charge in [0.05, 0.1) is 31.5 Å². The van der Waals surface area contributed by atoms with E-state index in [9.17, 15) is 4.79 Å². The summed E-state index contributed by atoms with van der Waals surface area (Å²) < 4.78 is 10.2. The van der Waals surface area contributed by atoms with Crippen molar-refractivity contribution in [3.05, 3.63) is 52.2 Å². The molecule has 0 bridgehead atoms. The number of benzene rings is 1. The van der Waals surface area contributed by atoms with Crippen LogP contribution in [0.5, 0.6) is 5.75 Å². The van der Waals surface area contributed by atoms with Gasteiger partial charge in [0, 0.05) is 5.70 Å². The number of carbonyl (C=O) groups is 1. The van der Waals surface area contributed by atoms with E-state index in [1.165, 1.54) is 7.11 Å². The van der Waals surface area contributed by atoms with Crippen LogP contribution in [-0.2, 0) is 9.53 Å². The van der Waals surface area contributed by atoms with Crippen LogP contribution in [0.1, 0.15) is 25.5 Å². The maximum absolute atomic E-state index is 12.4. The zero-order valence-electron chi connectivity index (χ0n) is 13.5. The molecule has 0 N–H and O–H groups in total. The van der Waals surface area contributed by atoms with Crippen molar-refractivity contribution in [3.63, 3.8) is 0 Å². The Bertz CT molecular complexity index is 735. The van der Waals surface area contributed by atoms with Gasteiger partial charge in [-0.25, -0.2) is 9.79 Å². The number of fused-ring (bicyclic) bond motifs is 1. The largest absolute Gasteiger partial charge is 0.497 e. The Morgan fingerprint density at radius 1 is 1.22 bits per heavy atom. The van der Waals surface area contributed by atoms with E-state index in [-0.39, 0.29) is 12.0 Å². The van der Waals surface area contributed by atoms with Crippen molar-refractivity contribution in [2.45, 2.75) is 19.9 Å². The second-order valence-electron chi connectivity index (χ2n) is 5.31. The first-order chi connectivity index (χ1) is 11.1. The lowest BCUT2D eigenvalue weighted by Crippen LogP contribution is -2.35. The highest BCUT2D eigenvalue weighted by Crippen LogP contribution is 2.43. The van der Waals surface area contributed by atoms with E-state index < -0.39 is 0 Å². The fourth-order valence-corrected chi connectivity index (χ4v) is 3.74. The Balaban J connectivity index is 2.13. The van der Waals surface area contributed by atoms with Crippen LogP contribution in [0.3, 0.4) is 0 Å². The lowest BCUT2D eigenvalue weighted by atomic mass is 9.94. The number of allylic oxidation sites excluding steroid dienone is 2. The van der Waals surface area contributed by atoms with Crippen LogP contribution in [0, 0.1) is 0 Å². The molecular formula is C17H18N2O3S. The summed E-state index contributed by atoms with van der Waals surface area (Å²) >= 11 is 1.57. The Morgan fingerprint density at radius 2 is 1.91 bits per heavy atom. The van der Waals surface area contributed by atoms with E-state index in [0.29, 0.717) is 11.3 Å². The van der Waals surface area contributed by atoms with Crippen molar-refractivity contribution in [2.24, 2.45) is 4.99 Å². The molecule has 3 rings (SSSR count). The SMILES string of the molecule is COC(=O)C1=C(C)N=C2SC=C(C)N2[C@H]1c1ccc(OC)cc1. The van der Waals surface area contributed by atoms with Gasteiger partial charge in [-0.3, -0.25) is 0 Å². The van der Waals surface area contributed by atoms with Crippen LogP contribution < -0.4 is 4.74 Å². The minimum Gasteiger partial charge on any atom is -0.497 e. The molecular weight excluding hydrogens is 312 g/mol. The monoisotopic (exact) mass is 330 g/mol. The van der Waals surface area contributed by atoms with Crippen LogP contribution in [0.25, 0.3) is 0 Å². The third-order valence-corrected chi connectivity index (χ3v) is 4.90. The van der Waals surface area contributed by atoms with E-state index in [2.05, 4.69) is 9.89 Å². The van der Waals surface area contributed by atoms with Gasteiger partial charge in [-0.2, -0.15) is 0 Å². The molecule has 0 fully saturated rings. The van der Waals surface area contributed by atoms with Gasteiger partial charge in [0.2, 0.25) is 0 Å². The summed E-state index contributed by atoms with van der Waals surface area (Å²) in [6.45, 7) is 3.86. The summed E-state index contributed by atoms with van der Waals surface area (Å²) in [6, 6.07) is 7.49. The van der Waals surface area contributed by atoms with Crippen LogP contribution in [0.4, 0.5) is 0 Å². The van der Waals surface area contributed by atoms with Crippen LogP contribution in [0.2, 0.25) is 0 Å². The summed E-state index contributed by atoms with van der Waals surface area (Å²) in [5.41, 5.74) is 3.31. The lowest BCUT2D eigenvalue weighted by molar-refractivity contribution is -0.136. The third kappa shape index (κ3) is 2.63. The summed E-state index contributed by atoms with van der Waals surface area (Å²) in [7, 11) is 3.03. The summed E-state index contributed by atoms with van der Waals surface area (Å²) in [4.78, 5) is 19.0. The molecule has 0 saturated carbocycles. The molecule has 5 nitrogen and oxygen atoms in total. The Morgan fingerprint density at radius 3 is 2.52 bits per heavy atom. The van der Waals surface area contributed by atoms with Crippen LogP contribution in [0.15, 0.2) is 51.6 Å². The molecule has 0 amide bonds. The summed E-state index contributed by atoms with van der Waals surface area (Å²) in [6.07, 6.45) is 0. The zero-order chi connectivity index (χ0) is 16.6. The van der Waals surface area contributed by atoms with Crippen molar-refractivity contribution in [1.82, 2.24) is 4.90 Å². The third-order valence-electron chi connectivity index (χ3n) is 3.94. The second-order valence-corrected chi connectivity index (χ2v) is 6.14. The number of hydrogen-bond acceptors (Lipinski definition) is 6. The first-order valence-electron chi connectivity index (χ1n) is 7.21. The zero-order valence-corrected chi connectivity index (χ0v) is 14.3. The van der Waals surface area contributed by atoms with Gasteiger partial charge < -0.3 is 14.4 Å². The molecule has 0 spiro atoms. The summed E-state index contributed by atoms with van der Waals surface area (Å²) in [5.74, 6) is 0.428. The smallest absolute Gasteiger partial charge is 0.338 e. The molecule has 120 valence electrons. The molecule has 0 aliphatic carbocycles. The predicted molar refractivity (Wildman–Crippen MR) is 91.1 cm³/mol. The number of thioether (sulfide) groups is 1. The molecule has 0 unspecified atom stereocenters. The van der Waals surface area contributed by atoms with Crippen molar-refractivity contribution in [2.75, 3.05) is 14.2 Å². The maximum atomic E-state index is 12.4. The average Bonchev–Trinajstić information content (AvgIpc) is 2.93. The maximum Gasteiger partial charge on any atom is 0.338 e. The molecule has 2 aliphatic rings. The van der Waals surface area contributed by atoms with Crippen LogP contribution in [-0.4, -0.2) is 30.3 Å². The van der Waals surface area contributed by atoms with E-state index in [1.807, 2.05) is 43.5 Å². The van der Waals surface area contributed by atoms with E-state index in [0.717, 1.165) is 22.2 Å². The Hall–Kier alpha value is -2.21. The highest BCUT2D eigenvalue weighted by molar-refractivity contribution is 8.16. The van der Waals surface area contributed by atoms with Crippen molar-refractivity contribution in [1.29, 1.82) is 0 Å². The van der Waals surface area contributed by atoms with Gasteiger partial charge in [-0.1, -0.05) is 23.9 Å². The quantitative estimate of drug-likeness (QED) is 0.794. The fourth-order valence-electron chi connectivity index (χ4n) is 2.80. The van der Waals surface area contributed by atoms with Crippen LogP contribution >= 0.6 is 11.8 Å². The Labute approximate surface area is 139 Å². The highest BCUT2D eigenvalue weighted by Gasteiger charge is 2.39. The number of carbonyl (C=O) groups excluding carboxylic acids is 1. The van der Waals surface area contributed by atoms with Gasteiger partial charge in [0.1, 0.15) is 5.75 Å².